The molecule has 0 spiro atoms. The van der Waals surface area contributed by atoms with Crippen LogP contribution in [-0.2, 0) is 23.9 Å². The van der Waals surface area contributed by atoms with E-state index < -0.39 is 29.9 Å². The zero-order chi connectivity index (χ0) is 13.5. The standard InChI is InChI=1S/C10H16N2O6/c11-8(13)2-1-6(10(15)16)12-9(14)7-5-17-3-4-18-7/h6-7H,1-5H2,(H2,11,13)(H,12,14)(H,15,16). The molecule has 2 amide bonds. The Balaban J connectivity index is 2.46. The molecule has 0 aromatic heterocycles. The molecule has 1 rings (SSSR count). The van der Waals surface area contributed by atoms with E-state index in [9.17, 15) is 14.4 Å². The van der Waals surface area contributed by atoms with Crippen molar-refractivity contribution in [3.05, 3.63) is 0 Å². The Morgan fingerprint density at radius 1 is 1.39 bits per heavy atom. The van der Waals surface area contributed by atoms with Gasteiger partial charge in [-0.1, -0.05) is 0 Å². The first kappa shape index (κ1) is 14.4. The van der Waals surface area contributed by atoms with Gasteiger partial charge in [0.2, 0.25) is 5.91 Å². The second-order valence-electron chi connectivity index (χ2n) is 3.84. The molecule has 4 N–H and O–H groups in total. The monoisotopic (exact) mass is 260 g/mol. The quantitative estimate of drug-likeness (QED) is 0.519. The summed E-state index contributed by atoms with van der Waals surface area (Å²) >= 11 is 0. The molecule has 0 radical (unpaired) electrons. The maximum absolute atomic E-state index is 11.7. The van der Waals surface area contributed by atoms with Crippen LogP contribution in [0.3, 0.4) is 0 Å². The van der Waals surface area contributed by atoms with Gasteiger partial charge in [0.05, 0.1) is 19.8 Å². The maximum atomic E-state index is 11.7. The predicted molar refractivity (Wildman–Crippen MR) is 58.6 cm³/mol. The van der Waals surface area contributed by atoms with Crippen LogP contribution in [0.25, 0.3) is 0 Å². The molecule has 2 atom stereocenters. The molecule has 1 fully saturated rings. The van der Waals surface area contributed by atoms with E-state index in [0.717, 1.165) is 0 Å². The highest BCUT2D eigenvalue weighted by Crippen LogP contribution is 2.03. The van der Waals surface area contributed by atoms with Crippen LogP contribution >= 0.6 is 0 Å². The first-order chi connectivity index (χ1) is 8.50. The number of nitrogens with one attached hydrogen (secondary N) is 1. The first-order valence-electron chi connectivity index (χ1n) is 5.51. The minimum absolute atomic E-state index is 0.0516. The molecular weight excluding hydrogens is 244 g/mol. The Kier molecular flexibility index (Phi) is 5.53. The number of carbonyl (C=O) groups is 3. The minimum Gasteiger partial charge on any atom is -0.480 e. The van der Waals surface area contributed by atoms with Crippen molar-refractivity contribution in [2.45, 2.75) is 25.0 Å². The Labute approximate surface area is 103 Å². The molecule has 0 saturated carbocycles. The van der Waals surface area contributed by atoms with Crippen LogP contribution in [0.2, 0.25) is 0 Å². The third-order valence-corrected chi connectivity index (χ3v) is 2.40. The van der Waals surface area contributed by atoms with Crippen LogP contribution in [0.5, 0.6) is 0 Å². The summed E-state index contributed by atoms with van der Waals surface area (Å²) in [5.74, 6) is -2.40. The largest absolute Gasteiger partial charge is 0.480 e. The summed E-state index contributed by atoms with van der Waals surface area (Å²) in [4.78, 5) is 33.1. The average molecular weight is 260 g/mol. The number of hydrogen-bond donors (Lipinski definition) is 3. The molecule has 2 unspecified atom stereocenters. The van der Waals surface area contributed by atoms with Gasteiger partial charge in [-0.25, -0.2) is 4.79 Å². The summed E-state index contributed by atoms with van der Waals surface area (Å²) in [6.07, 6.45) is -0.974. The number of hydrogen-bond acceptors (Lipinski definition) is 5. The zero-order valence-corrected chi connectivity index (χ0v) is 9.76. The lowest BCUT2D eigenvalue weighted by molar-refractivity contribution is -0.152. The molecule has 0 bridgehead atoms. The molecule has 1 aliphatic heterocycles. The fourth-order valence-electron chi connectivity index (χ4n) is 1.45. The summed E-state index contributed by atoms with van der Waals surface area (Å²) in [5.41, 5.74) is 4.93. The smallest absolute Gasteiger partial charge is 0.326 e. The molecule has 18 heavy (non-hydrogen) atoms. The molecule has 1 heterocycles. The highest BCUT2D eigenvalue weighted by atomic mass is 16.6. The number of ether oxygens (including phenoxy) is 2. The van der Waals surface area contributed by atoms with Crippen molar-refractivity contribution in [2.24, 2.45) is 5.73 Å². The van der Waals surface area contributed by atoms with Crippen molar-refractivity contribution in [1.82, 2.24) is 5.32 Å². The van der Waals surface area contributed by atoms with Gasteiger partial charge in [0, 0.05) is 6.42 Å². The van der Waals surface area contributed by atoms with Gasteiger partial charge < -0.3 is 25.6 Å². The number of amides is 2. The van der Waals surface area contributed by atoms with E-state index in [1.165, 1.54) is 0 Å². The zero-order valence-electron chi connectivity index (χ0n) is 9.76. The van der Waals surface area contributed by atoms with Crippen molar-refractivity contribution in [3.63, 3.8) is 0 Å². The molecule has 0 aromatic carbocycles. The predicted octanol–water partition coefficient (Wildman–Crippen LogP) is -1.76. The van der Waals surface area contributed by atoms with E-state index in [-0.39, 0.29) is 26.1 Å². The third kappa shape index (κ3) is 4.68. The Morgan fingerprint density at radius 2 is 2.11 bits per heavy atom. The van der Waals surface area contributed by atoms with Crippen LogP contribution in [0.4, 0.5) is 0 Å². The van der Waals surface area contributed by atoms with E-state index in [0.29, 0.717) is 6.61 Å². The van der Waals surface area contributed by atoms with E-state index in [4.69, 9.17) is 20.3 Å². The number of carbonyl (C=O) groups excluding carboxylic acids is 2. The lowest BCUT2D eigenvalue weighted by Crippen LogP contribution is -2.49. The molecule has 1 saturated heterocycles. The van der Waals surface area contributed by atoms with Gasteiger partial charge in [0.15, 0.2) is 6.10 Å². The van der Waals surface area contributed by atoms with E-state index in [1.807, 2.05) is 0 Å². The second kappa shape index (κ2) is 6.92. The summed E-state index contributed by atoms with van der Waals surface area (Å²) in [6, 6.07) is -1.16. The van der Waals surface area contributed by atoms with Crippen LogP contribution in [0, 0.1) is 0 Å². The van der Waals surface area contributed by atoms with Crippen molar-refractivity contribution in [1.29, 1.82) is 0 Å². The lowest BCUT2D eigenvalue weighted by atomic mass is 10.1. The number of carboxylic acid groups (broad SMARTS) is 1. The van der Waals surface area contributed by atoms with E-state index in [2.05, 4.69) is 5.32 Å². The van der Waals surface area contributed by atoms with Gasteiger partial charge in [0.25, 0.3) is 5.91 Å². The van der Waals surface area contributed by atoms with Gasteiger partial charge >= 0.3 is 5.97 Å². The molecule has 0 aromatic rings. The van der Waals surface area contributed by atoms with Crippen LogP contribution in [0.1, 0.15) is 12.8 Å². The molecule has 8 nitrogen and oxygen atoms in total. The molecular formula is C10H16N2O6. The van der Waals surface area contributed by atoms with Gasteiger partial charge in [0.1, 0.15) is 6.04 Å². The van der Waals surface area contributed by atoms with E-state index >= 15 is 0 Å². The number of primary amides is 1. The van der Waals surface area contributed by atoms with Crippen molar-refractivity contribution >= 4 is 17.8 Å². The third-order valence-electron chi connectivity index (χ3n) is 2.40. The Morgan fingerprint density at radius 3 is 2.61 bits per heavy atom. The number of rotatable bonds is 6. The average Bonchev–Trinajstić information content (AvgIpc) is 2.34. The van der Waals surface area contributed by atoms with Crippen LogP contribution in [0.15, 0.2) is 0 Å². The van der Waals surface area contributed by atoms with Gasteiger partial charge in [-0.2, -0.15) is 0 Å². The van der Waals surface area contributed by atoms with Gasteiger partial charge in [-0.3, -0.25) is 9.59 Å². The topological polar surface area (TPSA) is 128 Å². The summed E-state index contributed by atoms with van der Waals surface area (Å²) in [5, 5.41) is 11.2. The highest BCUT2D eigenvalue weighted by molar-refractivity contribution is 5.86. The van der Waals surface area contributed by atoms with Gasteiger partial charge in [-0.05, 0) is 6.42 Å². The number of nitrogens with two attached hydrogens (primary N) is 1. The molecule has 1 aliphatic rings. The van der Waals surface area contributed by atoms with Crippen LogP contribution in [-0.4, -0.2) is 54.9 Å². The lowest BCUT2D eigenvalue weighted by Gasteiger charge is -2.23. The molecule has 8 heteroatoms. The van der Waals surface area contributed by atoms with Crippen molar-refractivity contribution in [2.75, 3.05) is 19.8 Å². The number of carboxylic acids is 1. The molecule has 0 aliphatic carbocycles. The summed E-state index contributed by atoms with van der Waals surface area (Å²) in [6.45, 7) is 0.791. The van der Waals surface area contributed by atoms with Crippen molar-refractivity contribution in [3.8, 4) is 0 Å². The Bertz CT molecular complexity index is 326. The fraction of sp³-hybridized carbons (Fsp3) is 0.700. The van der Waals surface area contributed by atoms with Crippen molar-refractivity contribution < 1.29 is 29.0 Å². The fourth-order valence-corrected chi connectivity index (χ4v) is 1.45. The van der Waals surface area contributed by atoms with Gasteiger partial charge in [-0.15, -0.1) is 0 Å². The second-order valence-corrected chi connectivity index (χ2v) is 3.84. The first-order valence-corrected chi connectivity index (χ1v) is 5.51. The van der Waals surface area contributed by atoms with E-state index in [1.54, 1.807) is 0 Å². The summed E-state index contributed by atoms with van der Waals surface area (Å²) in [7, 11) is 0. The SMILES string of the molecule is NC(=O)CCC(NC(=O)C1COCCO1)C(=O)O. The number of aliphatic carboxylic acids is 1. The summed E-state index contributed by atoms with van der Waals surface area (Å²) < 4.78 is 10.2. The highest BCUT2D eigenvalue weighted by Gasteiger charge is 2.27. The Hall–Kier alpha value is -1.67. The molecule has 102 valence electrons. The normalized spacial score (nSPS) is 21.0. The maximum Gasteiger partial charge on any atom is 0.326 e. The minimum atomic E-state index is -1.22. The van der Waals surface area contributed by atoms with Crippen LogP contribution < -0.4 is 11.1 Å².